The Balaban J connectivity index is 1.52. The number of pyridine rings is 1. The van der Waals surface area contributed by atoms with E-state index in [-0.39, 0.29) is 23.4 Å². The lowest BCUT2D eigenvalue weighted by atomic mass is 10.1. The van der Waals surface area contributed by atoms with Gasteiger partial charge in [-0.25, -0.2) is 9.37 Å². The minimum absolute atomic E-state index is 0.0433. The van der Waals surface area contributed by atoms with Crippen LogP contribution in [0.5, 0.6) is 11.6 Å². The molecular formula is C25H24FN3O3. The van der Waals surface area contributed by atoms with Gasteiger partial charge in [0.1, 0.15) is 5.56 Å². The number of rotatable bonds is 7. The van der Waals surface area contributed by atoms with Crippen molar-refractivity contribution in [1.29, 1.82) is 0 Å². The van der Waals surface area contributed by atoms with Crippen molar-refractivity contribution in [2.75, 3.05) is 7.05 Å². The quantitative estimate of drug-likeness (QED) is 0.596. The molecule has 2 amide bonds. The van der Waals surface area contributed by atoms with Crippen LogP contribution in [0.25, 0.3) is 0 Å². The molecule has 0 unspecified atom stereocenters. The molecule has 2 heterocycles. The predicted octanol–water partition coefficient (Wildman–Crippen LogP) is 4.48. The van der Waals surface area contributed by atoms with E-state index in [1.807, 2.05) is 25.1 Å². The monoisotopic (exact) mass is 433 g/mol. The minimum atomic E-state index is -0.478. The summed E-state index contributed by atoms with van der Waals surface area (Å²) in [5, 5.41) is 2.58. The lowest BCUT2D eigenvalue weighted by Gasteiger charge is -2.16. The number of nitrogens with zero attached hydrogens (tertiary/aromatic N) is 2. The summed E-state index contributed by atoms with van der Waals surface area (Å²) in [6.07, 6.45) is 3.27. The molecule has 0 aliphatic carbocycles. The number of carbonyl (C=O) groups excluding carboxylic acids is 2. The first kappa shape index (κ1) is 21.5. The third-order valence-electron chi connectivity index (χ3n) is 5.42. The van der Waals surface area contributed by atoms with E-state index in [1.54, 1.807) is 42.4 Å². The van der Waals surface area contributed by atoms with Gasteiger partial charge in [0.15, 0.2) is 11.6 Å². The van der Waals surface area contributed by atoms with Gasteiger partial charge in [0.05, 0.1) is 0 Å². The van der Waals surface area contributed by atoms with Crippen molar-refractivity contribution in [3.05, 3.63) is 88.4 Å². The molecule has 32 heavy (non-hydrogen) atoms. The number of halogens is 1. The summed E-state index contributed by atoms with van der Waals surface area (Å²) < 4.78 is 20.2. The summed E-state index contributed by atoms with van der Waals surface area (Å²) in [4.78, 5) is 30.7. The fourth-order valence-corrected chi connectivity index (χ4v) is 3.78. The number of hydrogen-bond acceptors (Lipinski definition) is 4. The van der Waals surface area contributed by atoms with Crippen molar-refractivity contribution in [3.8, 4) is 11.6 Å². The maximum absolute atomic E-state index is 14.5. The maximum atomic E-state index is 14.5. The molecule has 6 nitrogen and oxygen atoms in total. The van der Waals surface area contributed by atoms with Gasteiger partial charge >= 0.3 is 0 Å². The number of nitrogens with one attached hydrogen (secondary N) is 1. The van der Waals surface area contributed by atoms with Crippen LogP contribution in [0, 0.1) is 5.82 Å². The summed E-state index contributed by atoms with van der Waals surface area (Å²) in [7, 11) is 1.58. The van der Waals surface area contributed by atoms with E-state index in [4.69, 9.17) is 4.74 Å². The average molecular weight is 433 g/mol. The Hall–Kier alpha value is -3.74. The van der Waals surface area contributed by atoms with Crippen molar-refractivity contribution in [2.24, 2.45) is 0 Å². The van der Waals surface area contributed by atoms with E-state index in [0.29, 0.717) is 24.2 Å². The third-order valence-corrected chi connectivity index (χ3v) is 5.42. The Labute approximate surface area is 186 Å². The van der Waals surface area contributed by atoms with Gasteiger partial charge in [0.25, 0.3) is 11.8 Å². The van der Waals surface area contributed by atoms with Crippen LogP contribution >= 0.6 is 0 Å². The van der Waals surface area contributed by atoms with Gasteiger partial charge in [0.2, 0.25) is 5.88 Å². The highest BCUT2D eigenvalue weighted by Gasteiger charge is 2.32. The van der Waals surface area contributed by atoms with Gasteiger partial charge in [-0.1, -0.05) is 31.5 Å². The first-order valence-electron chi connectivity index (χ1n) is 10.5. The zero-order valence-electron chi connectivity index (χ0n) is 18.0. The molecule has 4 rings (SSSR count). The lowest BCUT2D eigenvalue weighted by Crippen LogP contribution is -2.23. The van der Waals surface area contributed by atoms with Crippen molar-refractivity contribution in [3.63, 3.8) is 0 Å². The molecule has 1 N–H and O–H groups in total. The topological polar surface area (TPSA) is 71.5 Å². The van der Waals surface area contributed by atoms with Crippen molar-refractivity contribution < 1.29 is 18.7 Å². The van der Waals surface area contributed by atoms with Gasteiger partial charge in [-0.15, -0.1) is 0 Å². The highest BCUT2D eigenvalue weighted by molar-refractivity contribution is 6.00. The zero-order chi connectivity index (χ0) is 22.7. The van der Waals surface area contributed by atoms with Gasteiger partial charge < -0.3 is 15.0 Å². The van der Waals surface area contributed by atoms with Crippen molar-refractivity contribution >= 4 is 11.8 Å². The minimum Gasteiger partial charge on any atom is -0.435 e. The highest BCUT2D eigenvalue weighted by Crippen LogP contribution is 2.33. The molecule has 0 radical (unpaired) electrons. The molecule has 2 aromatic carbocycles. The fourth-order valence-electron chi connectivity index (χ4n) is 3.78. The normalized spacial score (nSPS) is 12.6. The Kier molecular flexibility index (Phi) is 6.16. The molecule has 164 valence electrons. The van der Waals surface area contributed by atoms with E-state index < -0.39 is 5.82 Å². The van der Waals surface area contributed by atoms with Gasteiger partial charge in [-0.2, -0.15) is 0 Å². The number of carbonyl (C=O) groups is 2. The lowest BCUT2D eigenvalue weighted by molar-refractivity contribution is 0.0764. The molecule has 7 heteroatoms. The van der Waals surface area contributed by atoms with Crippen LogP contribution in [0.15, 0.2) is 54.7 Å². The van der Waals surface area contributed by atoms with E-state index >= 15 is 0 Å². The largest absolute Gasteiger partial charge is 0.435 e. The molecular weight excluding hydrogens is 409 g/mol. The molecule has 0 fully saturated rings. The Morgan fingerprint density at radius 2 is 1.91 bits per heavy atom. The first-order chi connectivity index (χ1) is 15.5. The summed E-state index contributed by atoms with van der Waals surface area (Å²) >= 11 is 0. The average Bonchev–Trinajstić information content (AvgIpc) is 3.12. The summed E-state index contributed by atoms with van der Waals surface area (Å²) in [6, 6.07) is 13.7. The van der Waals surface area contributed by atoms with Gasteiger partial charge in [0, 0.05) is 31.9 Å². The number of fused-ring (bicyclic) bond motifs is 1. The highest BCUT2D eigenvalue weighted by atomic mass is 19.1. The summed E-state index contributed by atoms with van der Waals surface area (Å²) in [6.45, 7) is 2.82. The molecule has 1 aromatic heterocycles. The number of benzene rings is 2. The summed E-state index contributed by atoms with van der Waals surface area (Å²) in [5.41, 5.74) is 3.48. The van der Waals surface area contributed by atoms with Crippen LogP contribution in [-0.4, -0.2) is 28.7 Å². The number of amides is 2. The fraction of sp³-hybridized carbons (Fsp3) is 0.240. The number of aryl methyl sites for hydroxylation is 1. The van der Waals surface area contributed by atoms with Crippen LogP contribution in [0.3, 0.4) is 0 Å². The Bertz CT molecular complexity index is 1160. The van der Waals surface area contributed by atoms with E-state index in [2.05, 4.69) is 10.3 Å². The predicted molar refractivity (Wildman–Crippen MR) is 118 cm³/mol. The second-order valence-electron chi connectivity index (χ2n) is 7.70. The summed E-state index contributed by atoms with van der Waals surface area (Å²) in [5.74, 6) is -0.715. The SMILES string of the molecule is CCCc1ccc(Oc2nccc3c2C(=O)N(Cc2ccc(C(=O)NC)cc2)C3)c(F)c1. The van der Waals surface area contributed by atoms with Gasteiger partial charge in [-0.05, 0) is 53.4 Å². The maximum Gasteiger partial charge on any atom is 0.260 e. The molecule has 0 spiro atoms. The van der Waals surface area contributed by atoms with Crippen LogP contribution in [0.2, 0.25) is 0 Å². The van der Waals surface area contributed by atoms with Crippen LogP contribution in [-0.2, 0) is 19.5 Å². The molecule has 0 saturated heterocycles. The standard InChI is InChI=1S/C25H24FN3O3/c1-3-4-16-7-10-21(20(26)13-16)32-24-22-19(11-12-28-24)15-29(25(22)31)14-17-5-8-18(9-6-17)23(30)27-2/h5-13H,3-4,14-15H2,1-2H3,(H,27,30). The number of ether oxygens (including phenoxy) is 1. The molecule has 1 aliphatic rings. The number of aromatic nitrogens is 1. The first-order valence-corrected chi connectivity index (χ1v) is 10.5. The molecule has 3 aromatic rings. The van der Waals surface area contributed by atoms with Crippen LogP contribution in [0.4, 0.5) is 4.39 Å². The van der Waals surface area contributed by atoms with Gasteiger partial charge in [-0.3, -0.25) is 9.59 Å². The second-order valence-corrected chi connectivity index (χ2v) is 7.70. The van der Waals surface area contributed by atoms with Crippen LogP contribution < -0.4 is 10.1 Å². The third kappa shape index (κ3) is 4.32. The van der Waals surface area contributed by atoms with E-state index in [0.717, 1.165) is 29.5 Å². The van der Waals surface area contributed by atoms with E-state index in [1.165, 1.54) is 6.07 Å². The van der Waals surface area contributed by atoms with E-state index in [9.17, 15) is 14.0 Å². The van der Waals surface area contributed by atoms with Crippen molar-refractivity contribution in [1.82, 2.24) is 15.2 Å². The second kappa shape index (κ2) is 9.18. The molecule has 0 bridgehead atoms. The van der Waals surface area contributed by atoms with Crippen LogP contribution in [0.1, 0.15) is 50.8 Å². The Morgan fingerprint density at radius 3 is 2.59 bits per heavy atom. The molecule has 0 saturated carbocycles. The number of hydrogen-bond donors (Lipinski definition) is 1. The Morgan fingerprint density at radius 1 is 1.16 bits per heavy atom. The smallest absolute Gasteiger partial charge is 0.260 e. The molecule has 0 atom stereocenters. The molecule has 1 aliphatic heterocycles. The zero-order valence-corrected chi connectivity index (χ0v) is 18.0. The van der Waals surface area contributed by atoms with Crippen molar-refractivity contribution in [2.45, 2.75) is 32.9 Å².